The van der Waals surface area contributed by atoms with Crippen LogP contribution in [0.5, 0.6) is 0 Å². The van der Waals surface area contributed by atoms with E-state index in [1.54, 1.807) is 30.1 Å². The van der Waals surface area contributed by atoms with Crippen LogP contribution in [-0.4, -0.2) is 189 Å². The third-order valence-electron chi connectivity index (χ3n) is 20.8. The summed E-state index contributed by atoms with van der Waals surface area (Å²) in [5.41, 5.74) is 2.48. The molecule has 6 N–H and O–H groups in total. The Balaban J connectivity index is 0.591. The van der Waals surface area contributed by atoms with Gasteiger partial charge in [0, 0.05) is 82.6 Å². The van der Waals surface area contributed by atoms with Crippen molar-refractivity contribution in [1.82, 2.24) is 51.3 Å². The van der Waals surface area contributed by atoms with Crippen molar-refractivity contribution in [2.24, 2.45) is 23.2 Å². The predicted octanol–water partition coefficient (Wildman–Crippen LogP) is 5.46. The predicted molar refractivity (Wildman–Crippen MR) is 332 cm³/mol. The van der Waals surface area contributed by atoms with Gasteiger partial charge in [0.1, 0.15) is 48.3 Å². The summed E-state index contributed by atoms with van der Waals surface area (Å²) in [5, 5.41) is 19.1. The van der Waals surface area contributed by atoms with Gasteiger partial charge in [0.2, 0.25) is 29.5 Å². The molecule has 11 rings (SSSR count). The van der Waals surface area contributed by atoms with Crippen molar-refractivity contribution in [3.63, 3.8) is 0 Å². The van der Waals surface area contributed by atoms with E-state index in [9.17, 15) is 24.0 Å². The van der Waals surface area contributed by atoms with E-state index in [-0.39, 0.29) is 84.8 Å². The van der Waals surface area contributed by atoms with Gasteiger partial charge in [0.25, 0.3) is 0 Å². The van der Waals surface area contributed by atoms with E-state index in [4.69, 9.17) is 9.47 Å². The average Bonchev–Trinajstić information content (AvgIpc) is 2.06. The van der Waals surface area contributed by atoms with Crippen LogP contribution < -0.4 is 41.7 Å². The monoisotopic (exact) mass is 1220 g/mol. The Labute approximate surface area is 518 Å². The second-order valence-corrected chi connectivity index (χ2v) is 27.5. The number of benzene rings is 2. The SMILES string of the molecule is CN[C@@H](C)C(=O)N[C@H](C(=O)N1CC(NC(=O)CO[C@@H]2C[C@@H]3CN(CCOCCNc4cc(N5CCC6(CC5)CN(c5cc(F)c(CN7CCC(C)(C)CC7)cc5F)CC(=O)N6)ncn4)C[C@@H]3C2)C[C@H]1C(=O)N[C@H]1CCCc2ccccc21)C1CCCCC1. The minimum Gasteiger partial charge on any atom is -0.378 e. The summed E-state index contributed by atoms with van der Waals surface area (Å²) in [6, 6.07) is 9.99. The summed E-state index contributed by atoms with van der Waals surface area (Å²) in [7, 11) is 1.71. The van der Waals surface area contributed by atoms with Gasteiger partial charge < -0.3 is 61.0 Å². The number of halogens is 2. The molecule has 7 fully saturated rings. The van der Waals surface area contributed by atoms with Gasteiger partial charge in [-0.15, -0.1) is 0 Å². The molecule has 88 heavy (non-hydrogen) atoms. The van der Waals surface area contributed by atoms with Crippen molar-refractivity contribution >= 4 is 46.9 Å². The summed E-state index contributed by atoms with van der Waals surface area (Å²) >= 11 is 0. The molecular formula is C66H95F2N13O7. The van der Waals surface area contributed by atoms with Crippen LogP contribution in [0.25, 0.3) is 0 Å². The van der Waals surface area contributed by atoms with Crippen molar-refractivity contribution in [3.05, 3.63) is 77.1 Å². The molecule has 5 saturated heterocycles. The number of fused-ring (bicyclic) bond motifs is 2. The van der Waals surface area contributed by atoms with Gasteiger partial charge in [-0.05, 0) is 144 Å². The quantitative estimate of drug-likeness (QED) is 0.0689. The second kappa shape index (κ2) is 28.4. The van der Waals surface area contributed by atoms with Crippen molar-refractivity contribution in [1.29, 1.82) is 0 Å². The fourth-order valence-corrected chi connectivity index (χ4v) is 15.4. The molecule has 22 heteroatoms. The van der Waals surface area contributed by atoms with Crippen molar-refractivity contribution in [3.8, 4) is 0 Å². The van der Waals surface area contributed by atoms with Crippen molar-refractivity contribution < 1.29 is 42.2 Å². The Kier molecular flexibility index (Phi) is 20.5. The zero-order chi connectivity index (χ0) is 61.5. The number of piperazine rings is 1. The first-order valence-corrected chi connectivity index (χ1v) is 32.9. The molecule has 8 atom stereocenters. The number of nitrogens with one attached hydrogen (secondary N) is 6. The third-order valence-corrected chi connectivity index (χ3v) is 20.8. The second-order valence-electron chi connectivity index (χ2n) is 27.5. The molecule has 3 aliphatic carbocycles. The van der Waals surface area contributed by atoms with Gasteiger partial charge in [-0.1, -0.05) is 57.4 Å². The number of carbonyl (C=O) groups is 5. The number of carbonyl (C=O) groups excluding carboxylic acids is 5. The van der Waals surface area contributed by atoms with Crippen LogP contribution in [0.2, 0.25) is 0 Å². The molecule has 5 amide bonds. The Bertz CT molecular complexity index is 2920. The van der Waals surface area contributed by atoms with Crippen LogP contribution in [0.1, 0.15) is 133 Å². The Hall–Kier alpha value is -6.07. The highest BCUT2D eigenvalue weighted by Gasteiger charge is 2.47. The highest BCUT2D eigenvalue weighted by Crippen LogP contribution is 2.40. The molecule has 3 aromatic rings. The Morgan fingerprint density at radius 1 is 0.830 bits per heavy atom. The normalized spacial score (nSPS) is 26.2. The maximum Gasteiger partial charge on any atom is 0.246 e. The number of likely N-dealkylation sites (tertiary alicyclic amines) is 3. The summed E-state index contributed by atoms with van der Waals surface area (Å²) < 4.78 is 43.7. The molecule has 2 saturated carbocycles. The maximum atomic E-state index is 15.8. The number of likely N-dealkylation sites (N-methyl/N-ethyl adjacent to an activating group) is 1. The summed E-state index contributed by atoms with van der Waals surface area (Å²) in [6.45, 7) is 14.4. The van der Waals surface area contributed by atoms with E-state index in [1.165, 1.54) is 17.7 Å². The molecule has 5 aliphatic heterocycles. The van der Waals surface area contributed by atoms with Gasteiger partial charge >= 0.3 is 0 Å². The lowest BCUT2D eigenvalue weighted by atomic mass is 9.82. The van der Waals surface area contributed by atoms with E-state index in [1.807, 2.05) is 18.2 Å². The summed E-state index contributed by atoms with van der Waals surface area (Å²) in [5.74, 6) is 0.179. The van der Waals surface area contributed by atoms with Crippen LogP contribution in [0.4, 0.5) is 26.1 Å². The molecule has 6 heterocycles. The number of aryl methyl sites for hydroxylation is 1. The lowest BCUT2D eigenvalue weighted by molar-refractivity contribution is -0.143. The van der Waals surface area contributed by atoms with Gasteiger partial charge in [-0.2, -0.15) is 0 Å². The minimum atomic E-state index is -0.814. The molecule has 20 nitrogen and oxygen atoms in total. The van der Waals surface area contributed by atoms with Crippen LogP contribution in [0.3, 0.4) is 0 Å². The van der Waals surface area contributed by atoms with E-state index in [0.717, 1.165) is 121 Å². The molecule has 1 unspecified atom stereocenters. The zero-order valence-electron chi connectivity index (χ0n) is 52.3. The fraction of sp³-hybridized carbons (Fsp3) is 0.682. The smallest absolute Gasteiger partial charge is 0.246 e. The molecule has 0 bridgehead atoms. The molecule has 2 aromatic carbocycles. The number of aromatic nitrogens is 2. The van der Waals surface area contributed by atoms with Gasteiger partial charge in [0.15, 0.2) is 0 Å². The van der Waals surface area contributed by atoms with Crippen LogP contribution in [-0.2, 0) is 46.4 Å². The first kappa shape index (κ1) is 63.5. The highest BCUT2D eigenvalue weighted by molar-refractivity contribution is 5.94. The number of hydrogen-bond acceptors (Lipinski definition) is 15. The lowest BCUT2D eigenvalue weighted by Gasteiger charge is -2.48. The summed E-state index contributed by atoms with van der Waals surface area (Å²) in [6.07, 6.45) is 14.2. The molecule has 1 aromatic heterocycles. The topological polar surface area (TPSA) is 218 Å². The molecule has 8 aliphatic rings. The third kappa shape index (κ3) is 15.6. The average molecular weight is 1220 g/mol. The van der Waals surface area contributed by atoms with Crippen LogP contribution in [0, 0.1) is 34.8 Å². The number of nitrogens with zero attached hydrogens (tertiary/aromatic N) is 7. The van der Waals surface area contributed by atoms with E-state index >= 15 is 8.78 Å². The standard InChI is InChI=1S/C66H95F2N13O7/c1-43(69-4)62(84)75-61(45-12-6-5-7-13-45)64(86)81-38-49(32-56(81)63(85)74-54-16-10-14-44-11-8-9-15-51(44)54)73-60(83)40-88-50-29-46-35-78(36-47(46)30-50)26-28-87-27-21-70-57-34-58(72-42-71-57)79-24-19-66(20-25-79)41-80(39-59(82)76-66)55-33-52(67)48(31-53(55)68)37-77-22-17-65(2,3)18-23-77/h8-9,11,15,31,33-34,42-43,45-47,49-50,54,56,61,69H,5-7,10,12-14,16-30,32,35-41H2,1-4H3,(H,73,83)(H,74,85)(H,75,84)(H,76,82)(H,70,71,72)/t43-,46-,47+,49?,50-,54-,56-,61-/m0/s1. The van der Waals surface area contributed by atoms with E-state index in [0.29, 0.717) is 82.0 Å². The largest absolute Gasteiger partial charge is 0.378 e. The van der Waals surface area contributed by atoms with E-state index < -0.39 is 41.3 Å². The molecule has 0 radical (unpaired) electrons. The van der Waals surface area contributed by atoms with Crippen molar-refractivity contribution in [2.45, 2.75) is 165 Å². The van der Waals surface area contributed by atoms with Crippen LogP contribution >= 0.6 is 0 Å². The fourth-order valence-electron chi connectivity index (χ4n) is 15.4. The number of anilines is 3. The summed E-state index contributed by atoms with van der Waals surface area (Å²) in [4.78, 5) is 88.5. The van der Waals surface area contributed by atoms with E-state index in [2.05, 4.69) is 82.5 Å². The first-order valence-electron chi connectivity index (χ1n) is 32.9. The number of piperidine rings is 2. The molecular weight excluding hydrogens is 1120 g/mol. The van der Waals surface area contributed by atoms with Gasteiger partial charge in [-0.25, -0.2) is 18.7 Å². The lowest BCUT2D eigenvalue weighted by Crippen LogP contribution is -2.66. The van der Waals surface area contributed by atoms with Gasteiger partial charge in [-0.3, -0.25) is 28.9 Å². The van der Waals surface area contributed by atoms with Gasteiger partial charge in [0.05, 0.1) is 49.2 Å². The Morgan fingerprint density at radius 3 is 2.35 bits per heavy atom. The number of amides is 5. The number of ether oxygens (including phenoxy) is 2. The van der Waals surface area contributed by atoms with Crippen LogP contribution in [0.15, 0.2) is 48.8 Å². The van der Waals surface area contributed by atoms with Crippen molar-refractivity contribution in [2.75, 3.05) is 114 Å². The number of rotatable bonds is 22. The maximum absolute atomic E-state index is 15.8. The first-order chi connectivity index (χ1) is 42.5. The minimum absolute atomic E-state index is 0.0277. The molecule has 1 spiro atoms. The highest BCUT2D eigenvalue weighted by atomic mass is 19.1. The zero-order valence-corrected chi connectivity index (χ0v) is 52.3. The number of hydrogen-bond donors (Lipinski definition) is 6. The molecule has 480 valence electrons. The Morgan fingerprint density at radius 2 is 1.59 bits per heavy atom.